The monoisotopic (exact) mass is 593 g/mol. The number of nitrogens with one attached hydrogen (secondary N) is 1. The maximum atomic E-state index is 12.9. The molecule has 0 aromatic heterocycles. The lowest BCUT2D eigenvalue weighted by atomic mass is 10.0. The summed E-state index contributed by atoms with van der Waals surface area (Å²) in [7, 11) is -4.04. The van der Waals surface area contributed by atoms with Gasteiger partial charge in [-0.3, -0.25) is 4.79 Å². The number of benzene rings is 3. The zero-order chi connectivity index (χ0) is 23.4. The molecule has 1 saturated heterocycles. The molecule has 1 aliphatic rings. The predicted octanol–water partition coefficient (Wildman–Crippen LogP) is 4.93. The molecule has 170 valence electrons. The molecular weight excluding hydrogens is 573 g/mol. The second-order valence-corrected chi connectivity index (χ2v) is 11.2. The van der Waals surface area contributed by atoms with Crippen molar-refractivity contribution < 1.29 is 17.4 Å². The lowest BCUT2D eigenvalue weighted by Gasteiger charge is -2.11. The number of carbonyl (C=O) groups excluding carboxylic acids is 1. The molecule has 4 rings (SSSR count). The van der Waals surface area contributed by atoms with Gasteiger partial charge in [0.15, 0.2) is 10.9 Å². The largest absolute Gasteiger partial charge is 0.378 e. The van der Waals surface area contributed by atoms with Crippen molar-refractivity contribution in [2.45, 2.75) is 29.9 Å². The van der Waals surface area contributed by atoms with Crippen molar-refractivity contribution in [3.63, 3.8) is 0 Å². The van der Waals surface area contributed by atoms with Crippen molar-refractivity contribution in [1.29, 1.82) is 0 Å². The Bertz CT molecular complexity index is 1360. The van der Waals surface area contributed by atoms with Crippen LogP contribution < -0.4 is 9.50 Å². The average molecular weight is 593 g/mol. The fraction of sp³-hybridized carbons (Fsp3) is 0.174. The molecule has 7 nitrogen and oxygen atoms in total. The average Bonchev–Trinajstić information content (AvgIpc) is 3.14. The van der Waals surface area contributed by atoms with E-state index in [0.29, 0.717) is 10.7 Å². The van der Waals surface area contributed by atoms with E-state index >= 15 is 0 Å². The van der Waals surface area contributed by atoms with Gasteiger partial charge in [0.2, 0.25) is 5.91 Å². The summed E-state index contributed by atoms with van der Waals surface area (Å²) in [5.41, 5.74) is 0.478. The van der Waals surface area contributed by atoms with E-state index in [1.807, 2.05) is 31.2 Å². The highest BCUT2D eigenvalue weighted by molar-refractivity contribution is 14.1. The number of fused-ring (bicyclic) bond motifs is 1. The van der Waals surface area contributed by atoms with E-state index in [-0.39, 0.29) is 21.8 Å². The molecule has 0 aliphatic carbocycles. The van der Waals surface area contributed by atoms with Crippen molar-refractivity contribution in [3.8, 4) is 5.75 Å². The Balaban J connectivity index is 1.67. The van der Waals surface area contributed by atoms with E-state index in [4.69, 9.17) is 4.18 Å². The molecule has 0 spiro atoms. The van der Waals surface area contributed by atoms with Crippen molar-refractivity contribution in [2.75, 3.05) is 0 Å². The molecule has 0 saturated carbocycles. The molecular formula is C23H20IN3O4S2. The van der Waals surface area contributed by atoms with Gasteiger partial charge in [0.1, 0.15) is 4.90 Å². The molecule has 1 fully saturated rings. The first kappa shape index (κ1) is 23.7. The maximum absolute atomic E-state index is 12.9. The number of nitrogens with zero attached hydrogens (tertiary/aromatic N) is 2. The second-order valence-electron chi connectivity index (χ2n) is 7.22. The highest BCUT2D eigenvalue weighted by Gasteiger charge is 2.29. The molecule has 1 N–H and O–H groups in total. The van der Waals surface area contributed by atoms with Gasteiger partial charge in [0, 0.05) is 9.13 Å². The minimum absolute atomic E-state index is 0.0613. The Morgan fingerprint density at radius 3 is 2.64 bits per heavy atom. The highest BCUT2D eigenvalue weighted by Crippen LogP contribution is 2.30. The van der Waals surface area contributed by atoms with Crippen molar-refractivity contribution >= 4 is 72.5 Å². The van der Waals surface area contributed by atoms with E-state index in [0.717, 1.165) is 27.2 Å². The van der Waals surface area contributed by atoms with Crippen LogP contribution in [0.4, 0.5) is 0 Å². The first-order valence-electron chi connectivity index (χ1n) is 10.2. The van der Waals surface area contributed by atoms with Gasteiger partial charge < -0.3 is 9.50 Å². The normalized spacial score (nSPS) is 17.7. The third kappa shape index (κ3) is 5.56. The van der Waals surface area contributed by atoms with Gasteiger partial charge >= 0.3 is 10.1 Å². The van der Waals surface area contributed by atoms with Gasteiger partial charge in [-0.25, -0.2) is 0 Å². The quantitative estimate of drug-likeness (QED) is 0.181. The van der Waals surface area contributed by atoms with Crippen LogP contribution in [0.2, 0.25) is 0 Å². The van der Waals surface area contributed by atoms with E-state index < -0.39 is 10.1 Å². The zero-order valence-corrected chi connectivity index (χ0v) is 21.4. The first-order chi connectivity index (χ1) is 15.9. The van der Waals surface area contributed by atoms with Crippen molar-refractivity contribution in [1.82, 2.24) is 5.32 Å². The molecule has 1 heterocycles. The summed E-state index contributed by atoms with van der Waals surface area (Å²) < 4.78 is 32.2. The van der Waals surface area contributed by atoms with Gasteiger partial charge in [-0.1, -0.05) is 55.4 Å². The number of hydrogen-bond acceptors (Lipinski definition) is 7. The fourth-order valence-electron chi connectivity index (χ4n) is 3.29. The van der Waals surface area contributed by atoms with Crippen LogP contribution in [0, 0.1) is 3.57 Å². The molecule has 10 heteroatoms. The Morgan fingerprint density at radius 1 is 1.12 bits per heavy atom. The summed E-state index contributed by atoms with van der Waals surface area (Å²) in [5, 5.41) is 12.9. The number of amides is 1. The third-order valence-electron chi connectivity index (χ3n) is 4.90. The SMILES string of the molecule is CCC[C@H]1S/C(=N\N=C/c2c(OS(=O)(=O)c3ccc(I)cc3)ccc3ccccc23)NC1=O. The Hall–Kier alpha value is -2.44. The van der Waals surface area contributed by atoms with E-state index in [1.165, 1.54) is 30.1 Å². The van der Waals surface area contributed by atoms with Crippen LogP contribution in [0.25, 0.3) is 10.8 Å². The summed E-state index contributed by atoms with van der Waals surface area (Å²) in [5.74, 6) is 0.0665. The van der Waals surface area contributed by atoms with Crippen molar-refractivity contribution in [2.24, 2.45) is 10.2 Å². The molecule has 1 aliphatic heterocycles. The molecule has 3 aromatic rings. The number of carbonyl (C=O) groups is 1. The molecule has 0 radical (unpaired) electrons. The van der Waals surface area contributed by atoms with E-state index in [1.54, 1.807) is 24.3 Å². The second kappa shape index (κ2) is 10.2. The Labute approximate surface area is 210 Å². The summed E-state index contributed by atoms with van der Waals surface area (Å²) in [6, 6.07) is 17.3. The molecule has 1 amide bonds. The first-order valence-corrected chi connectivity index (χ1v) is 13.5. The fourth-order valence-corrected chi connectivity index (χ4v) is 5.64. The van der Waals surface area contributed by atoms with Crippen LogP contribution in [0.15, 0.2) is 75.8 Å². The minimum atomic E-state index is -4.04. The van der Waals surface area contributed by atoms with Gasteiger partial charge in [-0.15, -0.1) is 5.10 Å². The summed E-state index contributed by atoms with van der Waals surface area (Å²) in [6.07, 6.45) is 3.11. The molecule has 0 unspecified atom stereocenters. The highest BCUT2D eigenvalue weighted by atomic mass is 127. The topological polar surface area (TPSA) is 97.2 Å². The van der Waals surface area contributed by atoms with Crippen LogP contribution in [0.5, 0.6) is 5.75 Å². The third-order valence-corrected chi connectivity index (χ3v) is 8.00. The minimum Gasteiger partial charge on any atom is -0.378 e. The number of hydrogen-bond donors (Lipinski definition) is 1. The Morgan fingerprint density at radius 2 is 1.88 bits per heavy atom. The van der Waals surface area contributed by atoms with E-state index in [9.17, 15) is 13.2 Å². The summed E-state index contributed by atoms with van der Waals surface area (Å²) >= 11 is 3.45. The maximum Gasteiger partial charge on any atom is 0.339 e. The lowest BCUT2D eigenvalue weighted by molar-refractivity contribution is -0.118. The summed E-state index contributed by atoms with van der Waals surface area (Å²) in [6.45, 7) is 2.02. The van der Waals surface area contributed by atoms with Crippen LogP contribution >= 0.6 is 34.4 Å². The van der Waals surface area contributed by atoms with Crippen molar-refractivity contribution in [3.05, 3.63) is 69.8 Å². The van der Waals surface area contributed by atoms with E-state index in [2.05, 4.69) is 38.1 Å². The van der Waals surface area contributed by atoms with Crippen LogP contribution in [-0.4, -0.2) is 31.0 Å². The van der Waals surface area contributed by atoms with Crippen LogP contribution in [-0.2, 0) is 14.9 Å². The van der Waals surface area contributed by atoms with Gasteiger partial charge in [-0.2, -0.15) is 13.5 Å². The van der Waals surface area contributed by atoms with Crippen LogP contribution in [0.3, 0.4) is 0 Å². The number of rotatable bonds is 7. The zero-order valence-electron chi connectivity index (χ0n) is 17.6. The number of amidine groups is 1. The Kier molecular flexibility index (Phi) is 7.35. The number of thioether (sulfide) groups is 1. The summed E-state index contributed by atoms with van der Waals surface area (Å²) in [4.78, 5) is 12.1. The smallest absolute Gasteiger partial charge is 0.339 e. The molecule has 3 aromatic carbocycles. The number of halogens is 1. The molecule has 0 bridgehead atoms. The molecule has 1 atom stereocenters. The van der Waals surface area contributed by atoms with Crippen LogP contribution in [0.1, 0.15) is 25.3 Å². The van der Waals surface area contributed by atoms with Gasteiger partial charge in [0.25, 0.3) is 0 Å². The standard InChI is InChI=1S/C23H20IN3O4S2/c1-2-5-21-22(28)26-23(32-21)27-25-14-19-18-7-4-3-6-15(18)8-13-20(19)31-33(29,30)17-11-9-16(24)10-12-17/h3-4,6-14,21H,2,5H2,1H3,(H,26,27,28)/b25-14-/t21-/m1/s1. The predicted molar refractivity (Wildman–Crippen MR) is 140 cm³/mol. The lowest BCUT2D eigenvalue weighted by Crippen LogP contribution is -2.24. The van der Waals surface area contributed by atoms with Gasteiger partial charge in [-0.05, 0) is 70.1 Å². The molecule has 33 heavy (non-hydrogen) atoms. The van der Waals surface area contributed by atoms with Gasteiger partial charge in [0.05, 0.1) is 11.5 Å².